The van der Waals surface area contributed by atoms with E-state index in [1.807, 2.05) is 0 Å². The molecule has 0 aromatic heterocycles. The lowest BCUT2D eigenvalue weighted by Crippen LogP contribution is -2.67. The maximum Gasteiger partial charge on any atom is 0.255 e. The van der Waals surface area contributed by atoms with Crippen molar-refractivity contribution in [1.82, 2.24) is 10.2 Å². The molecule has 1 aliphatic heterocycles. The molecule has 0 radical (unpaired) electrons. The maximum absolute atomic E-state index is 13.7. The highest BCUT2D eigenvalue weighted by Crippen LogP contribution is 2.57. The zero-order valence-corrected chi connectivity index (χ0v) is 27.8. The quantitative estimate of drug-likeness (QED) is 0.235. The van der Waals surface area contributed by atoms with Gasteiger partial charge < -0.3 is 36.6 Å². The first-order chi connectivity index (χ1) is 22.2. The number of primary amides is 1. The molecule has 0 bridgehead atoms. The van der Waals surface area contributed by atoms with E-state index < -0.39 is 75.0 Å². The Morgan fingerprint density at radius 2 is 1.77 bits per heavy atom. The van der Waals surface area contributed by atoms with Gasteiger partial charge in [0.2, 0.25) is 5.78 Å². The Bertz CT molecular complexity index is 1780. The van der Waals surface area contributed by atoms with Gasteiger partial charge in [0.1, 0.15) is 28.7 Å². The number of aliphatic imine (C=N–C) groups is 1. The highest BCUT2D eigenvalue weighted by molar-refractivity contribution is 6.24. The summed E-state index contributed by atoms with van der Waals surface area (Å²) in [5.74, 6) is -6.13. The number of carbonyl (C=O) groups excluding carboxylic acids is 3. The molecule has 48 heavy (non-hydrogen) atoms. The van der Waals surface area contributed by atoms with Gasteiger partial charge in [-0.25, -0.2) is 0 Å². The van der Waals surface area contributed by atoms with E-state index in [0.717, 1.165) is 13.1 Å². The lowest BCUT2D eigenvalue weighted by molar-refractivity contribution is -0.159. The van der Waals surface area contributed by atoms with Gasteiger partial charge in [-0.3, -0.25) is 24.3 Å². The first-order valence-corrected chi connectivity index (χ1v) is 15.8. The molecule has 4 aliphatic carbocycles. The fourth-order valence-corrected chi connectivity index (χ4v) is 8.19. The van der Waals surface area contributed by atoms with Crippen LogP contribution in [0.3, 0.4) is 0 Å². The molecule has 7 rings (SSSR count). The number of hydrogen-bond acceptors (Lipinski definition) is 11. The third kappa shape index (κ3) is 5.18. The Morgan fingerprint density at radius 3 is 2.42 bits per heavy atom. The number of rotatable bonds is 3. The van der Waals surface area contributed by atoms with E-state index in [0.29, 0.717) is 5.92 Å². The zero-order valence-electron chi connectivity index (χ0n) is 26.9. The number of aliphatic hydroxyl groups is 4. The largest absolute Gasteiger partial charge is 0.508 e. The molecule has 2 aromatic carbocycles. The molecule has 1 fully saturated rings. The third-order valence-corrected chi connectivity index (χ3v) is 10.4. The predicted molar refractivity (Wildman–Crippen MR) is 180 cm³/mol. The van der Waals surface area contributed by atoms with Crippen LogP contribution in [0.4, 0.5) is 0 Å². The standard InChI is InChI=1S/C22H24N2O8.C13H16N2.ClH/c1-21(31)8-5-4-6-11(25)12(8)16(26)13-9(21)7-10-15(24(2)3)17(27)14(20(23)30)19(29)22(10,32)18(13)28;1-2-6-11-10(4-1)5-3-7-12(11)13-14-8-9-15-13;/h4-6,9-10,15,25-26,29,31-32H,7H2,1-3H3,(H2,23,30);1-2,4,6,12H,3,5,7-9H2,(H,14,15);1H/t9-,10-,15-,21+,22-;;/m0../s1. The molecule has 2 aromatic rings. The zero-order chi connectivity index (χ0) is 34.0. The summed E-state index contributed by atoms with van der Waals surface area (Å²) in [6.07, 6.45) is 3.58. The summed E-state index contributed by atoms with van der Waals surface area (Å²) in [6.45, 7) is 3.38. The highest BCUT2D eigenvalue weighted by atomic mass is 35.5. The van der Waals surface area contributed by atoms with Crippen LogP contribution in [-0.4, -0.2) is 92.6 Å². The monoisotopic (exact) mass is 680 g/mol. The lowest BCUT2D eigenvalue weighted by Gasteiger charge is -2.53. The van der Waals surface area contributed by atoms with Crippen LogP contribution in [0.15, 0.2) is 64.4 Å². The topological polar surface area (TPSA) is 206 Å². The number of benzene rings is 2. The Kier molecular flexibility index (Phi) is 9.26. The van der Waals surface area contributed by atoms with Crippen LogP contribution in [-0.2, 0) is 26.4 Å². The van der Waals surface area contributed by atoms with E-state index in [1.165, 1.54) is 80.3 Å². The van der Waals surface area contributed by atoms with Crippen LogP contribution in [0.5, 0.6) is 5.75 Å². The molecule has 256 valence electrons. The van der Waals surface area contributed by atoms with Gasteiger partial charge >= 0.3 is 0 Å². The van der Waals surface area contributed by atoms with Crippen molar-refractivity contribution in [3.63, 3.8) is 0 Å². The van der Waals surface area contributed by atoms with E-state index in [2.05, 4.69) is 34.6 Å². The van der Waals surface area contributed by atoms with Gasteiger partial charge in [-0.15, -0.1) is 12.4 Å². The third-order valence-electron chi connectivity index (χ3n) is 10.4. The minimum Gasteiger partial charge on any atom is -0.508 e. The molecule has 13 heteroatoms. The van der Waals surface area contributed by atoms with E-state index >= 15 is 0 Å². The molecule has 5 aliphatic rings. The Hall–Kier alpha value is -4.23. The number of aromatic hydroxyl groups is 1. The first kappa shape index (κ1) is 35.1. The fraction of sp³-hybridized carbons (Fsp3) is 0.429. The second-order valence-corrected chi connectivity index (χ2v) is 13.3. The molecule has 6 atom stereocenters. The fourth-order valence-electron chi connectivity index (χ4n) is 8.19. The van der Waals surface area contributed by atoms with Gasteiger partial charge in [-0.05, 0) is 69.5 Å². The van der Waals surface area contributed by atoms with Crippen LogP contribution in [0, 0.1) is 11.8 Å². The minimum atomic E-state index is -2.75. The van der Waals surface area contributed by atoms with Crippen molar-refractivity contribution in [2.75, 3.05) is 27.2 Å². The number of fused-ring (bicyclic) bond motifs is 4. The van der Waals surface area contributed by atoms with Crippen molar-refractivity contribution in [3.05, 3.63) is 81.6 Å². The number of amides is 1. The van der Waals surface area contributed by atoms with Crippen molar-refractivity contribution in [2.45, 2.75) is 55.8 Å². The van der Waals surface area contributed by atoms with Crippen LogP contribution in [0.1, 0.15) is 54.4 Å². The van der Waals surface area contributed by atoms with Gasteiger partial charge in [0, 0.05) is 29.9 Å². The van der Waals surface area contributed by atoms with E-state index in [4.69, 9.17) is 5.73 Å². The van der Waals surface area contributed by atoms with Crippen molar-refractivity contribution in [2.24, 2.45) is 22.6 Å². The number of carbonyl (C=O) groups is 3. The molecular weight excluding hydrogens is 640 g/mol. The number of nitrogens with one attached hydrogen (secondary N) is 1. The molecule has 1 unspecified atom stereocenters. The molecule has 8 N–H and O–H groups in total. The summed E-state index contributed by atoms with van der Waals surface area (Å²) in [5.41, 5.74) is 2.47. The van der Waals surface area contributed by atoms with E-state index in [9.17, 15) is 39.9 Å². The summed E-state index contributed by atoms with van der Waals surface area (Å²) < 4.78 is 0. The smallest absolute Gasteiger partial charge is 0.255 e. The highest BCUT2D eigenvalue weighted by Gasteiger charge is 2.66. The van der Waals surface area contributed by atoms with Crippen LogP contribution >= 0.6 is 12.4 Å². The number of nitrogens with zero attached hydrogens (tertiary/aromatic N) is 2. The summed E-state index contributed by atoms with van der Waals surface area (Å²) >= 11 is 0. The number of hydrogen-bond donors (Lipinski definition) is 7. The van der Waals surface area contributed by atoms with Crippen molar-refractivity contribution in [1.29, 1.82) is 0 Å². The second kappa shape index (κ2) is 12.7. The average Bonchev–Trinajstić information content (AvgIpc) is 3.56. The minimum absolute atomic E-state index is 0. The number of phenolic OH excluding ortho intramolecular Hbond substituents is 1. The summed E-state index contributed by atoms with van der Waals surface area (Å²) in [6, 6.07) is 11.8. The summed E-state index contributed by atoms with van der Waals surface area (Å²) in [4.78, 5) is 44.6. The number of nitrogens with two attached hydrogens (primary N) is 1. The first-order valence-electron chi connectivity index (χ1n) is 15.8. The van der Waals surface area contributed by atoms with Crippen LogP contribution < -0.4 is 11.1 Å². The average molecular weight is 681 g/mol. The molecule has 1 heterocycles. The number of Topliss-reactive ketones (excluding diaryl/α,β-unsaturated/α-hetero) is 2. The van der Waals surface area contributed by atoms with Crippen molar-refractivity contribution >= 4 is 41.5 Å². The molecule has 12 nitrogen and oxygen atoms in total. The van der Waals surface area contributed by atoms with Crippen molar-refractivity contribution < 1.29 is 39.9 Å². The van der Waals surface area contributed by atoms with Crippen molar-refractivity contribution in [3.8, 4) is 5.75 Å². The van der Waals surface area contributed by atoms with E-state index in [1.54, 1.807) is 0 Å². The molecule has 1 saturated carbocycles. The summed E-state index contributed by atoms with van der Waals surface area (Å²) in [7, 11) is 3.01. The number of likely N-dealkylation sites (N-methyl/N-ethyl adjacent to an activating group) is 1. The Morgan fingerprint density at radius 1 is 1.06 bits per heavy atom. The van der Waals surface area contributed by atoms with Gasteiger partial charge in [-0.2, -0.15) is 0 Å². The number of phenols is 1. The van der Waals surface area contributed by atoms with Gasteiger partial charge in [-0.1, -0.05) is 36.4 Å². The second-order valence-electron chi connectivity index (χ2n) is 13.3. The van der Waals surface area contributed by atoms with Gasteiger partial charge in [0.15, 0.2) is 11.4 Å². The lowest BCUT2D eigenvalue weighted by atomic mass is 9.54. The van der Waals surface area contributed by atoms with Crippen LogP contribution in [0.25, 0.3) is 5.76 Å². The number of halogens is 1. The number of aliphatic hydroxyl groups excluding tert-OH is 2. The number of amidine groups is 1. The number of ketones is 2. The Balaban J connectivity index is 0.000000234. The van der Waals surface area contributed by atoms with Gasteiger partial charge in [0.05, 0.1) is 23.8 Å². The Labute approximate surface area is 284 Å². The van der Waals surface area contributed by atoms with Crippen LogP contribution in [0.2, 0.25) is 0 Å². The maximum atomic E-state index is 13.7. The molecular formula is C35H41ClN4O8. The molecule has 1 amide bonds. The molecule has 0 spiro atoms. The normalized spacial score (nSPS) is 30.5. The summed E-state index contributed by atoms with van der Waals surface area (Å²) in [5, 5.41) is 58.3. The number of aryl methyl sites for hydroxylation is 1. The SMILES string of the molecule is CN(C)[C@@H]1C(=O)C(C(N)=O)=C(O)[C@@]2(O)C(=O)C3=C(O)c4c(O)cccc4[C@@](C)(O)[C@H]3C[C@@H]12.Cl.c1ccc2c(c1)CCCC2C1=NCCN1. The van der Waals surface area contributed by atoms with E-state index in [-0.39, 0.29) is 30.0 Å². The van der Waals surface area contributed by atoms with Gasteiger partial charge in [0.25, 0.3) is 5.91 Å². The molecule has 0 saturated heterocycles. The predicted octanol–water partition coefficient (Wildman–Crippen LogP) is 2.16.